The molecule has 0 heterocycles. The van der Waals surface area contributed by atoms with Crippen LogP contribution in [-0.4, -0.2) is 13.1 Å². The van der Waals surface area contributed by atoms with Gasteiger partial charge in [-0.15, -0.1) is 0 Å². The van der Waals surface area contributed by atoms with Gasteiger partial charge in [-0.2, -0.15) is 0 Å². The number of benzene rings is 1. The molecule has 1 N–H and O–H groups in total. The summed E-state index contributed by atoms with van der Waals surface area (Å²) in [7, 11) is 0. The Bertz CT molecular complexity index is 417. The Labute approximate surface area is 126 Å². The quantitative estimate of drug-likeness (QED) is 0.705. The van der Waals surface area contributed by atoms with Crippen molar-refractivity contribution in [3.8, 4) is 0 Å². The fourth-order valence-corrected chi connectivity index (χ4v) is 3.01. The van der Waals surface area contributed by atoms with Gasteiger partial charge in [0.05, 0.1) is 0 Å². The van der Waals surface area contributed by atoms with Crippen LogP contribution in [0.5, 0.6) is 0 Å². The van der Waals surface area contributed by atoms with Crippen LogP contribution >= 0.6 is 0 Å². The topological polar surface area (TPSA) is 12.0 Å². The average molecular weight is 275 g/mol. The van der Waals surface area contributed by atoms with Crippen LogP contribution < -0.4 is 5.32 Å². The molecule has 0 aliphatic heterocycles. The molecule has 0 aromatic heterocycles. The summed E-state index contributed by atoms with van der Waals surface area (Å²) < 4.78 is 0. The highest BCUT2D eigenvalue weighted by atomic mass is 14.8. The van der Waals surface area contributed by atoms with E-state index in [0.717, 1.165) is 19.0 Å². The molecule has 0 spiro atoms. The van der Waals surface area contributed by atoms with E-state index in [4.69, 9.17) is 0 Å². The van der Waals surface area contributed by atoms with Crippen molar-refractivity contribution in [3.63, 3.8) is 0 Å². The molecule has 1 heteroatoms. The lowest BCUT2D eigenvalue weighted by Gasteiger charge is -2.20. The van der Waals surface area contributed by atoms with E-state index in [1.54, 1.807) is 5.56 Å². The molecule has 1 nitrogen and oxygen atoms in total. The van der Waals surface area contributed by atoms with Gasteiger partial charge in [0.1, 0.15) is 0 Å². The van der Waals surface area contributed by atoms with E-state index in [2.05, 4.69) is 53.8 Å². The molecule has 1 aromatic rings. The van der Waals surface area contributed by atoms with E-state index < -0.39 is 0 Å². The van der Waals surface area contributed by atoms with Crippen molar-refractivity contribution in [2.75, 3.05) is 13.1 Å². The van der Waals surface area contributed by atoms with E-state index in [1.807, 2.05) is 0 Å². The number of nitrogens with one attached hydrogen (secondary N) is 1. The Balaban J connectivity index is 2.73. The van der Waals surface area contributed by atoms with Crippen molar-refractivity contribution in [3.05, 3.63) is 33.4 Å². The highest BCUT2D eigenvalue weighted by Gasteiger charge is 2.13. The van der Waals surface area contributed by atoms with Crippen molar-refractivity contribution < 1.29 is 0 Å². The third-order valence-electron chi connectivity index (χ3n) is 5.11. The zero-order chi connectivity index (χ0) is 15.3. The number of hydrogen-bond acceptors (Lipinski definition) is 1. The molecule has 0 fully saturated rings. The summed E-state index contributed by atoms with van der Waals surface area (Å²) in [5.41, 5.74) is 9.09. The SMILES string of the molecule is CCNCCC(C)CCc1c(C)c(C)c(C)c(C)c1C. The highest BCUT2D eigenvalue weighted by Crippen LogP contribution is 2.28. The summed E-state index contributed by atoms with van der Waals surface area (Å²) in [5.74, 6) is 0.801. The van der Waals surface area contributed by atoms with Gasteiger partial charge in [0.2, 0.25) is 0 Å². The minimum atomic E-state index is 0.801. The van der Waals surface area contributed by atoms with E-state index in [0.29, 0.717) is 0 Å². The van der Waals surface area contributed by atoms with Crippen molar-refractivity contribution >= 4 is 0 Å². The molecule has 20 heavy (non-hydrogen) atoms. The minimum Gasteiger partial charge on any atom is -0.317 e. The number of rotatable bonds is 7. The van der Waals surface area contributed by atoms with Crippen molar-refractivity contribution in [2.45, 2.75) is 67.7 Å². The summed E-state index contributed by atoms with van der Waals surface area (Å²) in [6, 6.07) is 0. The Morgan fingerprint density at radius 1 is 0.800 bits per heavy atom. The Morgan fingerprint density at radius 3 is 1.80 bits per heavy atom. The van der Waals surface area contributed by atoms with Crippen molar-refractivity contribution in [1.29, 1.82) is 0 Å². The van der Waals surface area contributed by atoms with Crippen molar-refractivity contribution in [1.82, 2.24) is 5.32 Å². The molecule has 1 atom stereocenters. The van der Waals surface area contributed by atoms with Crippen molar-refractivity contribution in [2.24, 2.45) is 5.92 Å². The van der Waals surface area contributed by atoms with Crippen LogP contribution in [0.1, 0.15) is 60.1 Å². The Hall–Kier alpha value is -0.820. The maximum atomic E-state index is 3.43. The van der Waals surface area contributed by atoms with Crippen LogP contribution in [0.4, 0.5) is 0 Å². The zero-order valence-electron chi connectivity index (χ0n) is 14.6. The fraction of sp³-hybridized carbons (Fsp3) is 0.684. The smallest absolute Gasteiger partial charge is 0.00465 e. The summed E-state index contributed by atoms with van der Waals surface area (Å²) in [6.07, 6.45) is 3.82. The van der Waals surface area contributed by atoms with Crippen LogP contribution in [0.15, 0.2) is 0 Å². The minimum absolute atomic E-state index is 0.801. The van der Waals surface area contributed by atoms with Crippen LogP contribution in [0.25, 0.3) is 0 Å². The van der Waals surface area contributed by atoms with Gasteiger partial charge in [0.15, 0.2) is 0 Å². The van der Waals surface area contributed by atoms with Gasteiger partial charge < -0.3 is 5.32 Å². The molecular formula is C19H33N. The Morgan fingerprint density at radius 2 is 1.30 bits per heavy atom. The largest absolute Gasteiger partial charge is 0.317 e. The molecule has 0 saturated heterocycles. The van der Waals surface area contributed by atoms with Crippen LogP contribution in [0.3, 0.4) is 0 Å². The first-order valence-electron chi connectivity index (χ1n) is 8.16. The second-order valence-corrected chi connectivity index (χ2v) is 6.39. The zero-order valence-corrected chi connectivity index (χ0v) is 14.6. The van der Waals surface area contributed by atoms with Crippen LogP contribution in [0.2, 0.25) is 0 Å². The average Bonchev–Trinajstić information content (AvgIpc) is 2.43. The molecule has 0 amide bonds. The molecule has 0 aliphatic carbocycles. The maximum absolute atomic E-state index is 3.43. The summed E-state index contributed by atoms with van der Waals surface area (Å²) in [5, 5.41) is 3.43. The van der Waals surface area contributed by atoms with Gasteiger partial charge >= 0.3 is 0 Å². The second kappa shape index (κ2) is 7.83. The van der Waals surface area contributed by atoms with Gasteiger partial charge in [-0.25, -0.2) is 0 Å². The molecule has 1 rings (SSSR count). The third-order valence-corrected chi connectivity index (χ3v) is 5.11. The predicted octanol–water partition coefficient (Wildman–Crippen LogP) is 4.80. The van der Waals surface area contributed by atoms with E-state index in [1.165, 1.54) is 47.1 Å². The lowest BCUT2D eigenvalue weighted by atomic mass is 9.86. The fourth-order valence-electron chi connectivity index (χ4n) is 3.01. The van der Waals surface area contributed by atoms with Gasteiger partial charge in [-0.3, -0.25) is 0 Å². The maximum Gasteiger partial charge on any atom is -0.00465 e. The number of hydrogen-bond donors (Lipinski definition) is 1. The van der Waals surface area contributed by atoms with Gasteiger partial charge in [-0.05, 0) is 106 Å². The first kappa shape index (κ1) is 17.2. The molecule has 0 saturated carbocycles. The molecule has 0 bridgehead atoms. The molecule has 0 aliphatic rings. The molecule has 0 radical (unpaired) electrons. The molecule has 1 unspecified atom stereocenters. The normalized spacial score (nSPS) is 12.8. The second-order valence-electron chi connectivity index (χ2n) is 6.39. The van der Waals surface area contributed by atoms with Gasteiger partial charge in [0.25, 0.3) is 0 Å². The van der Waals surface area contributed by atoms with Gasteiger partial charge in [0, 0.05) is 0 Å². The van der Waals surface area contributed by atoms with Crippen LogP contribution in [-0.2, 0) is 6.42 Å². The lowest BCUT2D eigenvalue weighted by Crippen LogP contribution is -2.17. The molecule has 1 aromatic carbocycles. The lowest BCUT2D eigenvalue weighted by molar-refractivity contribution is 0.473. The van der Waals surface area contributed by atoms with Crippen LogP contribution in [0, 0.1) is 40.5 Å². The summed E-state index contributed by atoms with van der Waals surface area (Å²) in [4.78, 5) is 0. The van der Waals surface area contributed by atoms with E-state index >= 15 is 0 Å². The summed E-state index contributed by atoms with van der Waals surface area (Å²) >= 11 is 0. The first-order valence-corrected chi connectivity index (χ1v) is 8.16. The monoisotopic (exact) mass is 275 g/mol. The van der Waals surface area contributed by atoms with E-state index in [-0.39, 0.29) is 0 Å². The Kier molecular flexibility index (Phi) is 6.75. The molecular weight excluding hydrogens is 242 g/mol. The molecule has 114 valence electrons. The van der Waals surface area contributed by atoms with Gasteiger partial charge in [-0.1, -0.05) is 13.8 Å². The first-order chi connectivity index (χ1) is 9.40. The third kappa shape index (κ3) is 4.09. The standard InChI is InChI=1S/C19H33N/c1-8-20-12-11-13(2)9-10-19-17(6)15(4)14(3)16(5)18(19)7/h13,20H,8-12H2,1-7H3. The summed E-state index contributed by atoms with van der Waals surface area (Å²) in [6.45, 7) is 18.2. The predicted molar refractivity (Wildman–Crippen MR) is 90.8 cm³/mol. The highest BCUT2D eigenvalue weighted by molar-refractivity contribution is 5.49. The van der Waals surface area contributed by atoms with E-state index in [9.17, 15) is 0 Å².